The van der Waals surface area contributed by atoms with Crippen LogP contribution in [0.15, 0.2) is 48.7 Å². The zero-order valence-electron chi connectivity index (χ0n) is 13.3. The molecule has 0 saturated carbocycles. The van der Waals surface area contributed by atoms with Crippen molar-refractivity contribution >= 4 is 5.65 Å². The first-order chi connectivity index (χ1) is 11.5. The number of benzene rings is 1. The van der Waals surface area contributed by atoms with Crippen LogP contribution in [0.5, 0.6) is 0 Å². The summed E-state index contributed by atoms with van der Waals surface area (Å²) in [6.45, 7) is 2.02. The number of rotatable bonds is 5. The van der Waals surface area contributed by atoms with Crippen LogP contribution in [-0.4, -0.2) is 14.6 Å². The Morgan fingerprint density at radius 2 is 1.79 bits per heavy atom. The van der Waals surface area contributed by atoms with E-state index >= 15 is 0 Å². The van der Waals surface area contributed by atoms with Gasteiger partial charge in [-0.1, -0.05) is 37.3 Å². The van der Waals surface area contributed by atoms with Gasteiger partial charge in [-0.3, -0.25) is 4.40 Å². The zero-order valence-corrected chi connectivity index (χ0v) is 13.3. The van der Waals surface area contributed by atoms with Crippen LogP contribution in [0.25, 0.3) is 5.65 Å². The zero-order chi connectivity index (χ0) is 17.2. The highest BCUT2D eigenvalue weighted by Gasteiger charge is 2.31. The van der Waals surface area contributed by atoms with E-state index in [-0.39, 0.29) is 5.92 Å². The van der Waals surface area contributed by atoms with E-state index in [1.54, 1.807) is 0 Å². The highest BCUT2D eigenvalue weighted by molar-refractivity contribution is 5.40. The summed E-state index contributed by atoms with van der Waals surface area (Å²) in [5.41, 5.74) is 0.964. The molecule has 3 rings (SSSR count). The highest BCUT2D eigenvalue weighted by Crippen LogP contribution is 2.31. The van der Waals surface area contributed by atoms with Gasteiger partial charge in [0.15, 0.2) is 5.65 Å². The van der Waals surface area contributed by atoms with Gasteiger partial charge in [0.05, 0.1) is 5.56 Å². The molecule has 0 N–H and O–H groups in total. The molecule has 6 heteroatoms. The van der Waals surface area contributed by atoms with E-state index in [0.717, 1.165) is 31.5 Å². The molecule has 0 amide bonds. The van der Waals surface area contributed by atoms with E-state index in [1.165, 1.54) is 16.0 Å². The number of hydrogen-bond acceptors (Lipinski definition) is 2. The van der Waals surface area contributed by atoms with E-state index in [9.17, 15) is 13.2 Å². The highest BCUT2D eigenvalue weighted by atomic mass is 19.4. The number of hydrogen-bond donors (Lipinski definition) is 0. The molecule has 0 spiro atoms. The molecule has 2 aromatic heterocycles. The largest absolute Gasteiger partial charge is 0.417 e. The van der Waals surface area contributed by atoms with Crippen LogP contribution in [0.4, 0.5) is 13.2 Å². The Kier molecular flexibility index (Phi) is 4.55. The van der Waals surface area contributed by atoms with E-state index in [2.05, 4.69) is 22.3 Å². The van der Waals surface area contributed by atoms with E-state index < -0.39 is 11.7 Å². The normalized spacial score (nSPS) is 13.3. The van der Waals surface area contributed by atoms with Crippen LogP contribution >= 0.6 is 0 Å². The lowest BCUT2D eigenvalue weighted by Crippen LogP contribution is -2.09. The van der Waals surface area contributed by atoms with Crippen molar-refractivity contribution in [2.45, 2.75) is 38.3 Å². The maximum absolute atomic E-state index is 13.0. The second-order valence-corrected chi connectivity index (χ2v) is 5.83. The van der Waals surface area contributed by atoms with Crippen molar-refractivity contribution in [3.8, 4) is 0 Å². The SMILES string of the molecule is CC[C@H](CCc1ccccc1)c1nnc2ccc(C(F)(F)F)cn12. The number of fused-ring (bicyclic) bond motifs is 1. The summed E-state index contributed by atoms with van der Waals surface area (Å²) in [7, 11) is 0. The predicted molar refractivity (Wildman–Crippen MR) is 85.8 cm³/mol. The number of halogens is 3. The Morgan fingerprint density at radius 1 is 1.04 bits per heavy atom. The third-order valence-electron chi connectivity index (χ3n) is 4.24. The van der Waals surface area contributed by atoms with Gasteiger partial charge in [0.25, 0.3) is 0 Å². The maximum Gasteiger partial charge on any atom is 0.417 e. The number of pyridine rings is 1. The fourth-order valence-corrected chi connectivity index (χ4v) is 2.86. The molecule has 3 nitrogen and oxygen atoms in total. The first-order valence-corrected chi connectivity index (χ1v) is 7.95. The molecule has 3 aromatic rings. The average Bonchev–Trinajstić information content (AvgIpc) is 2.99. The fourth-order valence-electron chi connectivity index (χ4n) is 2.86. The monoisotopic (exact) mass is 333 g/mol. The molecule has 0 fully saturated rings. The molecule has 0 bridgehead atoms. The Morgan fingerprint density at radius 3 is 2.46 bits per heavy atom. The molecule has 1 atom stereocenters. The minimum Gasteiger partial charge on any atom is -0.286 e. The van der Waals surface area contributed by atoms with E-state index in [4.69, 9.17) is 0 Å². The third kappa shape index (κ3) is 3.42. The van der Waals surface area contributed by atoms with Crippen LogP contribution in [0.2, 0.25) is 0 Å². The summed E-state index contributed by atoms with van der Waals surface area (Å²) in [5.74, 6) is 0.651. The molecule has 1 aromatic carbocycles. The van der Waals surface area contributed by atoms with Crippen LogP contribution in [0.3, 0.4) is 0 Å². The predicted octanol–water partition coefficient (Wildman–Crippen LogP) is 4.87. The fraction of sp³-hybridized carbons (Fsp3) is 0.333. The van der Waals surface area contributed by atoms with E-state index in [1.807, 2.05) is 25.1 Å². The average molecular weight is 333 g/mol. The van der Waals surface area contributed by atoms with Crippen molar-refractivity contribution in [3.63, 3.8) is 0 Å². The molecule has 24 heavy (non-hydrogen) atoms. The molecule has 0 aliphatic rings. The van der Waals surface area contributed by atoms with Crippen molar-refractivity contribution in [1.29, 1.82) is 0 Å². The summed E-state index contributed by atoms with van der Waals surface area (Å²) in [5, 5.41) is 8.16. The second kappa shape index (κ2) is 6.63. The van der Waals surface area contributed by atoms with Gasteiger partial charge in [0.2, 0.25) is 0 Å². The van der Waals surface area contributed by atoms with Gasteiger partial charge in [0, 0.05) is 12.1 Å². The standard InChI is InChI=1S/C18H18F3N3/c1-2-14(9-8-13-6-4-3-5-7-13)17-23-22-16-11-10-15(12-24(16)17)18(19,20)21/h3-7,10-12,14H,2,8-9H2,1H3/t14-/m1/s1. The van der Waals surface area contributed by atoms with Gasteiger partial charge in [-0.05, 0) is 37.0 Å². The minimum atomic E-state index is -4.37. The smallest absolute Gasteiger partial charge is 0.286 e. The summed E-state index contributed by atoms with van der Waals surface area (Å²) in [6, 6.07) is 12.4. The summed E-state index contributed by atoms with van der Waals surface area (Å²) >= 11 is 0. The Hall–Kier alpha value is -2.37. The van der Waals surface area contributed by atoms with Crippen molar-refractivity contribution in [1.82, 2.24) is 14.6 Å². The van der Waals surface area contributed by atoms with Crippen molar-refractivity contribution in [3.05, 3.63) is 65.6 Å². The van der Waals surface area contributed by atoms with Crippen LogP contribution in [0.1, 0.15) is 42.6 Å². The minimum absolute atomic E-state index is 0.0590. The number of aryl methyl sites for hydroxylation is 1. The number of aromatic nitrogens is 3. The summed E-state index contributed by atoms with van der Waals surface area (Å²) in [4.78, 5) is 0. The molecule has 126 valence electrons. The molecule has 0 aliphatic heterocycles. The quantitative estimate of drug-likeness (QED) is 0.666. The topological polar surface area (TPSA) is 30.2 Å². The Bertz CT molecular complexity index is 809. The first-order valence-electron chi connectivity index (χ1n) is 7.95. The van der Waals surface area contributed by atoms with Gasteiger partial charge in [-0.15, -0.1) is 10.2 Å². The van der Waals surface area contributed by atoms with Gasteiger partial charge in [-0.2, -0.15) is 13.2 Å². The number of alkyl halides is 3. The van der Waals surface area contributed by atoms with Gasteiger partial charge < -0.3 is 0 Å². The maximum atomic E-state index is 13.0. The lowest BCUT2D eigenvalue weighted by atomic mass is 9.96. The van der Waals surface area contributed by atoms with Crippen molar-refractivity contribution in [2.75, 3.05) is 0 Å². The number of nitrogens with zero attached hydrogens (tertiary/aromatic N) is 3. The summed E-state index contributed by atoms with van der Waals surface area (Å²) < 4.78 is 40.3. The molecule has 0 aliphatic carbocycles. The van der Waals surface area contributed by atoms with Crippen LogP contribution < -0.4 is 0 Å². The lowest BCUT2D eigenvalue weighted by Gasteiger charge is -2.14. The van der Waals surface area contributed by atoms with Crippen molar-refractivity contribution < 1.29 is 13.2 Å². The van der Waals surface area contributed by atoms with Crippen molar-refractivity contribution in [2.24, 2.45) is 0 Å². The molecular weight excluding hydrogens is 315 g/mol. The molecule has 0 saturated heterocycles. The van der Waals surface area contributed by atoms with Gasteiger partial charge >= 0.3 is 6.18 Å². The molecule has 2 heterocycles. The van der Waals surface area contributed by atoms with Gasteiger partial charge in [-0.25, -0.2) is 0 Å². The Labute approximate surface area is 138 Å². The first kappa shape index (κ1) is 16.5. The third-order valence-corrected chi connectivity index (χ3v) is 4.24. The lowest BCUT2D eigenvalue weighted by molar-refractivity contribution is -0.137. The molecular formula is C18H18F3N3. The van der Waals surface area contributed by atoms with Crippen LogP contribution in [0, 0.1) is 0 Å². The molecule has 0 radical (unpaired) electrons. The molecule has 0 unspecified atom stereocenters. The second-order valence-electron chi connectivity index (χ2n) is 5.83. The van der Waals surface area contributed by atoms with Gasteiger partial charge in [0.1, 0.15) is 5.82 Å². The van der Waals surface area contributed by atoms with Crippen LogP contribution in [-0.2, 0) is 12.6 Å². The summed E-state index contributed by atoms with van der Waals surface area (Å²) in [6.07, 6.45) is -0.814. The Balaban J connectivity index is 1.88. The van der Waals surface area contributed by atoms with E-state index in [0.29, 0.717) is 11.5 Å².